The molecule has 14 N–H and O–H groups in total. The summed E-state index contributed by atoms with van der Waals surface area (Å²) >= 11 is 0. The molecule has 0 aliphatic carbocycles. The average molecular weight is 1140 g/mol. The van der Waals surface area contributed by atoms with Crippen LogP contribution in [0.4, 0.5) is 0 Å². The van der Waals surface area contributed by atoms with Gasteiger partial charge in [-0.15, -0.1) is 0 Å². The Morgan fingerprint density at radius 1 is 0.551 bits per heavy atom. The third-order valence-corrected chi connectivity index (χ3v) is 14.0. The first-order valence-electron chi connectivity index (χ1n) is 26.0. The van der Waals surface area contributed by atoms with Gasteiger partial charge in [0, 0.05) is 26.3 Å². The molecule has 1 aromatic carbocycles. The molecule has 20 atom stereocenters. The van der Waals surface area contributed by atoms with Gasteiger partial charge in [-0.25, -0.2) is 4.18 Å². The minimum atomic E-state index is -5.16. The van der Waals surface area contributed by atoms with Crippen LogP contribution in [0.1, 0.15) is 95.8 Å². The van der Waals surface area contributed by atoms with Gasteiger partial charge in [0.25, 0.3) is 5.91 Å². The smallest absolute Gasteiger partial charge is 0.397 e. The van der Waals surface area contributed by atoms with E-state index in [1.807, 2.05) is 0 Å². The largest absolute Gasteiger partial charge is 0.494 e. The van der Waals surface area contributed by atoms with E-state index in [1.54, 1.807) is 12.1 Å². The first-order valence-corrected chi connectivity index (χ1v) is 27.3. The molecule has 4 aliphatic rings. The van der Waals surface area contributed by atoms with Gasteiger partial charge < -0.3 is 105 Å². The average Bonchev–Trinajstić information content (AvgIpc) is 3.47. The molecular weight excluding hydrogens is 1060 g/mol. The van der Waals surface area contributed by atoms with E-state index in [0.717, 1.165) is 46.5 Å². The Morgan fingerprint density at radius 3 is 1.46 bits per heavy atom. The number of rotatable bonds is 28. The Labute approximate surface area is 451 Å². The van der Waals surface area contributed by atoms with Crippen LogP contribution in [-0.2, 0) is 62.1 Å². The van der Waals surface area contributed by atoms with E-state index < -0.39 is 183 Å². The Bertz CT molecular complexity index is 2170. The van der Waals surface area contributed by atoms with Crippen LogP contribution in [0, 0.1) is 0 Å². The van der Waals surface area contributed by atoms with Gasteiger partial charge in [-0.2, -0.15) is 8.42 Å². The van der Waals surface area contributed by atoms with Crippen molar-refractivity contribution in [1.82, 2.24) is 21.3 Å². The molecule has 78 heavy (non-hydrogen) atoms. The molecule has 10 unspecified atom stereocenters. The van der Waals surface area contributed by atoms with Crippen LogP contribution < -0.4 is 26.0 Å². The van der Waals surface area contributed by atoms with Crippen LogP contribution in [-0.4, -0.2) is 238 Å². The van der Waals surface area contributed by atoms with Crippen molar-refractivity contribution < 1.29 is 120 Å². The number of nitrogens with one attached hydrogen (secondary N) is 4. The Kier molecular flexibility index (Phi) is 25.7. The van der Waals surface area contributed by atoms with Crippen LogP contribution in [0.2, 0.25) is 0 Å². The number of hydrogen-bond acceptors (Lipinski definition) is 24. The number of benzene rings is 1. The lowest BCUT2D eigenvalue weighted by Crippen LogP contribution is -2.71. The third kappa shape index (κ3) is 18.1. The highest BCUT2D eigenvalue weighted by molar-refractivity contribution is 7.80. The number of unbranched alkanes of at least 4 members (excludes halogenated alkanes) is 8. The predicted octanol–water partition coefficient (Wildman–Crippen LogP) is -4.14. The summed E-state index contributed by atoms with van der Waals surface area (Å²) in [7, 11) is -5.16. The lowest BCUT2D eigenvalue weighted by atomic mass is 9.93. The van der Waals surface area contributed by atoms with E-state index in [2.05, 4.69) is 32.4 Å². The summed E-state index contributed by atoms with van der Waals surface area (Å²) in [6.07, 6.45) is -19.4. The van der Waals surface area contributed by atoms with E-state index >= 15 is 0 Å². The molecule has 0 saturated carbocycles. The van der Waals surface area contributed by atoms with Crippen LogP contribution in [0.3, 0.4) is 0 Å². The Balaban J connectivity index is 1.34. The van der Waals surface area contributed by atoms with Crippen molar-refractivity contribution in [3.05, 3.63) is 29.8 Å². The fourth-order valence-corrected chi connectivity index (χ4v) is 9.95. The predicted molar refractivity (Wildman–Crippen MR) is 264 cm³/mol. The SMILES string of the molecule is CCCCCCCCCCCOc1cccc(C(=O)N[C@@H]2C(O[C@H]3C(O)C(NC(C)=O)C(OC4C(CO)O[C@@H](O[C@H]5C(O)C(NC(C)=O)C(O)O[C@H]5COS(=O)(=O)O)[C@@H](NC(C)=O)[C@H]4O)O[C@H]3CO)OC(CO)[C@@H](O)[C@@H]2O)c1. The topological polar surface area (TPSA) is 436 Å². The van der Waals surface area contributed by atoms with Gasteiger partial charge in [-0.1, -0.05) is 64.4 Å². The fraction of sp³-hybridized carbons (Fsp3) is 0.792. The summed E-state index contributed by atoms with van der Waals surface area (Å²) in [5, 5.41) is 109. The van der Waals surface area contributed by atoms with Crippen LogP contribution in [0.25, 0.3) is 0 Å². The van der Waals surface area contributed by atoms with Crippen molar-refractivity contribution in [3.8, 4) is 5.75 Å². The van der Waals surface area contributed by atoms with Crippen molar-refractivity contribution in [1.29, 1.82) is 0 Å². The molecule has 1 aromatic rings. The number of amides is 4. The summed E-state index contributed by atoms with van der Waals surface area (Å²) in [4.78, 5) is 51.1. The summed E-state index contributed by atoms with van der Waals surface area (Å²) in [5.74, 6) is -2.81. The molecule has 5 rings (SSSR count). The maximum atomic E-state index is 13.8. The van der Waals surface area contributed by atoms with Crippen molar-refractivity contribution in [3.63, 3.8) is 0 Å². The highest BCUT2D eigenvalue weighted by atomic mass is 32.3. The number of aliphatic hydroxyl groups excluding tert-OH is 9. The van der Waals surface area contributed by atoms with Crippen molar-refractivity contribution in [2.24, 2.45) is 0 Å². The lowest BCUT2D eigenvalue weighted by molar-refractivity contribution is -0.361. The Morgan fingerprint density at radius 2 is 0.987 bits per heavy atom. The zero-order valence-corrected chi connectivity index (χ0v) is 44.6. The van der Waals surface area contributed by atoms with Gasteiger partial charge in [0.2, 0.25) is 17.7 Å². The zero-order chi connectivity index (χ0) is 57.4. The molecule has 4 amide bonds. The first-order chi connectivity index (χ1) is 37.0. The minimum absolute atomic E-state index is 0.0727. The van der Waals surface area contributed by atoms with E-state index in [9.17, 15) is 78.1 Å². The quantitative estimate of drug-likeness (QED) is 0.0280. The molecule has 4 fully saturated rings. The minimum Gasteiger partial charge on any atom is -0.494 e. The van der Waals surface area contributed by atoms with Crippen LogP contribution in [0.15, 0.2) is 24.3 Å². The van der Waals surface area contributed by atoms with E-state index in [-0.39, 0.29) is 5.56 Å². The molecule has 0 aromatic heterocycles. The van der Waals surface area contributed by atoms with Gasteiger partial charge >= 0.3 is 10.4 Å². The van der Waals surface area contributed by atoms with Gasteiger partial charge in [-0.3, -0.25) is 23.7 Å². The lowest BCUT2D eigenvalue weighted by Gasteiger charge is -2.51. The molecule has 0 bridgehead atoms. The molecular formula is C48H78N4O25S. The summed E-state index contributed by atoms with van der Waals surface area (Å²) in [6.45, 7) is 1.68. The van der Waals surface area contributed by atoms with Crippen molar-refractivity contribution in [2.75, 3.05) is 33.0 Å². The number of ether oxygens (including phenoxy) is 8. The maximum Gasteiger partial charge on any atom is 0.397 e. The number of carbonyl (C=O) groups excluding carboxylic acids is 4. The molecule has 4 saturated heterocycles. The Hall–Kier alpha value is -3.87. The summed E-state index contributed by atoms with van der Waals surface area (Å²) < 4.78 is 84.0. The number of aliphatic hydroxyl groups is 9. The van der Waals surface area contributed by atoms with Gasteiger partial charge in [0.15, 0.2) is 25.2 Å². The zero-order valence-electron chi connectivity index (χ0n) is 43.8. The van der Waals surface area contributed by atoms with E-state index in [1.165, 1.54) is 44.2 Å². The third-order valence-electron chi connectivity index (χ3n) is 13.6. The van der Waals surface area contributed by atoms with Gasteiger partial charge in [-0.05, 0) is 24.6 Å². The van der Waals surface area contributed by atoms with E-state index in [0.29, 0.717) is 12.4 Å². The number of carbonyl (C=O) groups is 4. The molecule has 29 nitrogen and oxygen atoms in total. The fourth-order valence-electron chi connectivity index (χ4n) is 9.64. The molecule has 0 radical (unpaired) electrons. The molecule has 446 valence electrons. The molecule has 4 aliphatic heterocycles. The normalized spacial score (nSPS) is 35.3. The second-order valence-corrected chi connectivity index (χ2v) is 20.7. The molecule has 0 spiro atoms. The van der Waals surface area contributed by atoms with E-state index in [4.69, 9.17) is 37.9 Å². The second-order valence-electron chi connectivity index (χ2n) is 19.6. The highest BCUT2D eigenvalue weighted by Crippen LogP contribution is 2.35. The molecule has 30 heteroatoms. The van der Waals surface area contributed by atoms with Crippen molar-refractivity contribution in [2.45, 2.75) is 208 Å². The summed E-state index contributed by atoms with van der Waals surface area (Å²) in [6, 6.07) is -0.593. The van der Waals surface area contributed by atoms with Crippen LogP contribution in [0.5, 0.6) is 5.75 Å². The van der Waals surface area contributed by atoms with Gasteiger partial charge in [0.05, 0.1) is 33.0 Å². The maximum absolute atomic E-state index is 13.8. The van der Waals surface area contributed by atoms with Crippen LogP contribution >= 0.6 is 0 Å². The summed E-state index contributed by atoms with van der Waals surface area (Å²) in [5.41, 5.74) is 0.0727. The number of hydrogen-bond donors (Lipinski definition) is 14. The standard InChI is InChI=1S/C48H78N4O25S/c1-5-6-7-8-9-10-11-12-13-17-69-27-16-14-15-26(18-27)44(64)52-33-37(60)36(59)28(19-53)72-46(33)75-41-29(20-54)73-47(34(39(41)62)50-24(3)57)76-42-30(21-55)74-48(35(40(42)63)51-25(4)58)77-43-31(22-70-78(66,67)68)71-45(65)32(38(43)61)49-23(2)56/h14-16,18,28-43,45-48,53-55,59-63,65H,5-13,17,19-22H2,1-4H3,(H,49,56)(H,50,57)(H,51,58)(H,52,64)(H,66,67,68)/t28?,29-,30?,31-,32?,33-,34?,35-,36+,37+,38?,39?,40+,41+,42?,43+,45?,46?,47?,48-/m0/s1. The monoisotopic (exact) mass is 1140 g/mol. The van der Waals surface area contributed by atoms with Crippen molar-refractivity contribution >= 4 is 34.0 Å². The first kappa shape index (κ1) is 64.9. The highest BCUT2D eigenvalue weighted by Gasteiger charge is 2.56. The van der Waals surface area contributed by atoms with Gasteiger partial charge in [0.1, 0.15) is 103 Å². The molecule has 4 heterocycles. The second kappa shape index (κ2) is 30.8.